The van der Waals surface area contributed by atoms with Crippen LogP contribution in [0.1, 0.15) is 34.5 Å². The highest BCUT2D eigenvalue weighted by molar-refractivity contribution is 6.30. The molecule has 4 rings (SSSR count). The third-order valence-electron chi connectivity index (χ3n) is 5.62. The summed E-state index contributed by atoms with van der Waals surface area (Å²) in [5.74, 6) is 1.25. The molecule has 1 amide bonds. The largest absolute Gasteiger partial charge is 0.496 e. The molecule has 4 aromatic carbocycles. The summed E-state index contributed by atoms with van der Waals surface area (Å²) in [5.41, 5.74) is 4.59. The second kappa shape index (κ2) is 10.9. The Labute approximate surface area is 205 Å². The van der Waals surface area contributed by atoms with E-state index in [9.17, 15) is 4.79 Å². The van der Waals surface area contributed by atoms with E-state index >= 15 is 0 Å². The number of rotatable bonds is 8. The van der Waals surface area contributed by atoms with Gasteiger partial charge in [-0.05, 0) is 66.1 Å². The first kappa shape index (κ1) is 23.4. The van der Waals surface area contributed by atoms with E-state index in [-0.39, 0.29) is 18.6 Å². The molecule has 0 bridgehead atoms. The van der Waals surface area contributed by atoms with E-state index in [1.165, 1.54) is 0 Å². The number of carbonyl (C=O) groups is 1. The topological polar surface area (TPSA) is 47.6 Å². The Bertz CT molecular complexity index is 1240. The SMILES string of the molecule is COc1ccc(C(=O)N[C@@H](C)c2ccc(Cl)cc2)cc1COc1ccc(-c2ccccc2)cc1. The van der Waals surface area contributed by atoms with Crippen molar-refractivity contribution in [3.8, 4) is 22.6 Å². The van der Waals surface area contributed by atoms with Gasteiger partial charge < -0.3 is 14.8 Å². The Morgan fingerprint density at radius 3 is 2.24 bits per heavy atom. The average Bonchev–Trinajstić information content (AvgIpc) is 2.88. The molecule has 0 aliphatic heterocycles. The summed E-state index contributed by atoms with van der Waals surface area (Å²) in [6, 6.07) is 30.8. The number of nitrogens with one attached hydrogen (secondary N) is 1. The molecular formula is C29H26ClNO3. The number of methoxy groups -OCH3 is 1. The number of hydrogen-bond acceptors (Lipinski definition) is 3. The Balaban J connectivity index is 1.43. The molecule has 0 aliphatic rings. The fourth-order valence-electron chi connectivity index (χ4n) is 3.68. The zero-order chi connectivity index (χ0) is 23.9. The minimum Gasteiger partial charge on any atom is -0.496 e. The number of amides is 1. The van der Waals surface area contributed by atoms with E-state index in [0.717, 1.165) is 28.0 Å². The molecule has 0 saturated carbocycles. The van der Waals surface area contributed by atoms with Crippen LogP contribution in [0.15, 0.2) is 97.1 Å². The molecule has 0 saturated heterocycles. The van der Waals surface area contributed by atoms with Gasteiger partial charge in [-0.3, -0.25) is 4.79 Å². The number of ether oxygens (including phenoxy) is 2. The van der Waals surface area contributed by atoms with Crippen LogP contribution in [-0.4, -0.2) is 13.0 Å². The van der Waals surface area contributed by atoms with Crippen molar-refractivity contribution < 1.29 is 14.3 Å². The van der Waals surface area contributed by atoms with Crippen molar-refractivity contribution in [1.29, 1.82) is 0 Å². The third-order valence-corrected chi connectivity index (χ3v) is 5.87. The summed E-state index contributed by atoms with van der Waals surface area (Å²) < 4.78 is 11.5. The van der Waals surface area contributed by atoms with E-state index in [1.54, 1.807) is 25.3 Å². The quantitative estimate of drug-likeness (QED) is 0.298. The zero-order valence-electron chi connectivity index (χ0n) is 19.1. The highest BCUT2D eigenvalue weighted by Gasteiger charge is 2.14. The predicted octanol–water partition coefficient (Wildman–Crippen LogP) is 7.09. The molecular weight excluding hydrogens is 446 g/mol. The average molecular weight is 472 g/mol. The molecule has 5 heteroatoms. The van der Waals surface area contributed by atoms with Crippen molar-refractivity contribution in [2.75, 3.05) is 7.11 Å². The van der Waals surface area contributed by atoms with Crippen molar-refractivity contribution in [1.82, 2.24) is 5.32 Å². The Morgan fingerprint density at radius 2 is 1.56 bits per heavy atom. The van der Waals surface area contributed by atoms with Gasteiger partial charge in [-0.1, -0.05) is 66.2 Å². The summed E-state index contributed by atoms with van der Waals surface area (Å²) >= 11 is 5.96. The lowest BCUT2D eigenvalue weighted by atomic mass is 10.1. The maximum Gasteiger partial charge on any atom is 0.251 e. The van der Waals surface area contributed by atoms with Gasteiger partial charge in [-0.25, -0.2) is 0 Å². The highest BCUT2D eigenvalue weighted by Crippen LogP contribution is 2.25. The van der Waals surface area contributed by atoms with E-state index in [1.807, 2.05) is 73.7 Å². The summed E-state index contributed by atoms with van der Waals surface area (Å²) in [7, 11) is 1.61. The standard InChI is InChI=1S/C29H26ClNO3/c1-20(21-8-13-26(30)14-9-21)31-29(32)24-12-17-28(33-2)25(18-24)19-34-27-15-10-23(11-16-27)22-6-4-3-5-7-22/h3-18,20H,19H2,1-2H3,(H,31,32)/t20-/m0/s1. The van der Waals surface area contributed by atoms with E-state index in [4.69, 9.17) is 21.1 Å². The van der Waals surface area contributed by atoms with Crippen molar-refractivity contribution in [2.45, 2.75) is 19.6 Å². The van der Waals surface area contributed by atoms with Crippen LogP contribution in [0.4, 0.5) is 0 Å². The molecule has 4 nitrogen and oxygen atoms in total. The van der Waals surface area contributed by atoms with Crippen LogP contribution >= 0.6 is 11.6 Å². The predicted molar refractivity (Wildman–Crippen MR) is 137 cm³/mol. The second-order valence-corrected chi connectivity index (χ2v) is 8.39. The lowest BCUT2D eigenvalue weighted by molar-refractivity contribution is 0.0939. The van der Waals surface area contributed by atoms with Crippen LogP contribution < -0.4 is 14.8 Å². The van der Waals surface area contributed by atoms with Gasteiger partial charge in [0.25, 0.3) is 5.91 Å². The van der Waals surface area contributed by atoms with Crippen LogP contribution in [-0.2, 0) is 6.61 Å². The fourth-order valence-corrected chi connectivity index (χ4v) is 3.81. The monoisotopic (exact) mass is 471 g/mol. The maximum atomic E-state index is 12.9. The van der Waals surface area contributed by atoms with E-state index in [2.05, 4.69) is 17.4 Å². The number of halogens is 1. The first-order valence-electron chi connectivity index (χ1n) is 11.0. The molecule has 0 aromatic heterocycles. The van der Waals surface area contributed by atoms with Gasteiger partial charge in [0.15, 0.2) is 0 Å². The summed E-state index contributed by atoms with van der Waals surface area (Å²) in [4.78, 5) is 12.9. The normalized spacial score (nSPS) is 11.5. The van der Waals surface area contributed by atoms with Crippen LogP contribution in [0.25, 0.3) is 11.1 Å². The van der Waals surface area contributed by atoms with E-state index < -0.39 is 0 Å². The van der Waals surface area contributed by atoms with Crippen molar-refractivity contribution in [2.24, 2.45) is 0 Å². The van der Waals surface area contributed by atoms with Crippen molar-refractivity contribution in [3.63, 3.8) is 0 Å². The van der Waals surface area contributed by atoms with Gasteiger partial charge in [0.1, 0.15) is 18.1 Å². The Hall–Kier alpha value is -3.76. The van der Waals surface area contributed by atoms with Crippen LogP contribution in [0.2, 0.25) is 5.02 Å². The third kappa shape index (κ3) is 5.77. The molecule has 1 atom stereocenters. The molecule has 0 fully saturated rings. The fraction of sp³-hybridized carbons (Fsp3) is 0.138. The van der Waals surface area contributed by atoms with Gasteiger partial charge in [0, 0.05) is 16.1 Å². The van der Waals surface area contributed by atoms with Gasteiger partial charge >= 0.3 is 0 Å². The summed E-state index contributed by atoms with van der Waals surface area (Å²) in [6.45, 7) is 2.22. The van der Waals surface area contributed by atoms with E-state index in [0.29, 0.717) is 16.3 Å². The molecule has 0 unspecified atom stereocenters. The summed E-state index contributed by atoms with van der Waals surface area (Å²) in [6.07, 6.45) is 0. The molecule has 0 spiro atoms. The van der Waals surface area contributed by atoms with Gasteiger partial charge in [0.2, 0.25) is 0 Å². The Kier molecular flexibility index (Phi) is 7.51. The molecule has 34 heavy (non-hydrogen) atoms. The molecule has 0 heterocycles. The Morgan fingerprint density at radius 1 is 0.882 bits per heavy atom. The molecule has 0 radical (unpaired) electrons. The minimum absolute atomic E-state index is 0.158. The van der Waals surface area contributed by atoms with Gasteiger partial charge in [0.05, 0.1) is 13.2 Å². The van der Waals surface area contributed by atoms with Crippen LogP contribution in [0, 0.1) is 0 Å². The van der Waals surface area contributed by atoms with Crippen molar-refractivity contribution >= 4 is 17.5 Å². The molecule has 4 aromatic rings. The number of hydrogen-bond donors (Lipinski definition) is 1. The minimum atomic E-state index is -0.168. The molecule has 172 valence electrons. The summed E-state index contributed by atoms with van der Waals surface area (Å²) in [5, 5.41) is 3.69. The highest BCUT2D eigenvalue weighted by atomic mass is 35.5. The molecule has 0 aliphatic carbocycles. The number of benzene rings is 4. The van der Waals surface area contributed by atoms with Crippen molar-refractivity contribution in [3.05, 3.63) is 119 Å². The first-order chi connectivity index (χ1) is 16.5. The lowest BCUT2D eigenvalue weighted by Crippen LogP contribution is -2.26. The zero-order valence-corrected chi connectivity index (χ0v) is 19.9. The van der Waals surface area contributed by atoms with Gasteiger partial charge in [-0.15, -0.1) is 0 Å². The second-order valence-electron chi connectivity index (χ2n) is 7.95. The van der Waals surface area contributed by atoms with Gasteiger partial charge in [-0.2, -0.15) is 0 Å². The van der Waals surface area contributed by atoms with Crippen LogP contribution in [0.3, 0.4) is 0 Å². The first-order valence-corrected chi connectivity index (χ1v) is 11.4. The van der Waals surface area contributed by atoms with Crippen LogP contribution in [0.5, 0.6) is 11.5 Å². The lowest BCUT2D eigenvalue weighted by Gasteiger charge is -2.16. The smallest absolute Gasteiger partial charge is 0.251 e. The number of carbonyl (C=O) groups excluding carboxylic acids is 1. The maximum absolute atomic E-state index is 12.9. The molecule has 1 N–H and O–H groups in total.